The maximum Gasteiger partial charge on any atom is 0.326 e. The highest BCUT2D eigenvalue weighted by Crippen LogP contribution is 2.26. The van der Waals surface area contributed by atoms with Crippen molar-refractivity contribution in [3.05, 3.63) is 82.9 Å². The van der Waals surface area contributed by atoms with Gasteiger partial charge in [0.15, 0.2) is 0 Å². The van der Waals surface area contributed by atoms with Crippen molar-refractivity contribution in [2.45, 2.75) is 32.4 Å². The highest BCUT2D eigenvalue weighted by molar-refractivity contribution is 6.32. The average Bonchev–Trinajstić information content (AvgIpc) is 3.24. The van der Waals surface area contributed by atoms with Gasteiger partial charge < -0.3 is 20.1 Å². The number of carboxylic acid groups (broad SMARTS) is 1. The highest BCUT2D eigenvalue weighted by atomic mass is 35.5. The van der Waals surface area contributed by atoms with E-state index >= 15 is 0 Å². The Labute approximate surface area is 201 Å². The Balaban J connectivity index is 1.45. The Morgan fingerprint density at radius 3 is 2.47 bits per heavy atom. The molecule has 8 heteroatoms. The molecule has 0 fully saturated rings. The first-order valence-corrected chi connectivity index (χ1v) is 11.2. The number of fused-ring (bicyclic) bond motifs is 1. The number of carboxylic acids is 1. The molecule has 0 aliphatic heterocycles. The standard InChI is InChI=1S/C26H24ClN3O4/c1-15(2)34-23-12-11-18(14-19(23)27)25(31)30-22(26(32)33)13-16-7-9-17(10-8-16)24-28-20-5-3-4-6-21(20)29-24/h3-12,14-15,22H,13H2,1-2H3,(H,28,29)(H,30,31)(H,32,33). The number of aromatic nitrogens is 2. The van der Waals surface area contributed by atoms with E-state index in [1.807, 2.05) is 62.4 Å². The van der Waals surface area contributed by atoms with Crippen LogP contribution >= 0.6 is 11.6 Å². The number of aromatic amines is 1. The van der Waals surface area contributed by atoms with Crippen LogP contribution in [0.4, 0.5) is 0 Å². The molecule has 1 atom stereocenters. The highest BCUT2D eigenvalue weighted by Gasteiger charge is 2.22. The van der Waals surface area contributed by atoms with Crippen LogP contribution in [0.3, 0.4) is 0 Å². The molecular weight excluding hydrogens is 454 g/mol. The molecule has 3 aromatic carbocycles. The molecule has 1 unspecified atom stereocenters. The van der Waals surface area contributed by atoms with Crippen molar-refractivity contribution in [3.8, 4) is 17.1 Å². The molecule has 1 amide bonds. The fourth-order valence-corrected chi connectivity index (χ4v) is 3.78. The lowest BCUT2D eigenvalue weighted by atomic mass is 10.0. The Hall–Kier alpha value is -3.84. The lowest BCUT2D eigenvalue weighted by Crippen LogP contribution is -2.42. The number of nitrogens with one attached hydrogen (secondary N) is 2. The van der Waals surface area contributed by atoms with Gasteiger partial charge in [0, 0.05) is 17.5 Å². The first-order valence-electron chi connectivity index (χ1n) is 10.8. The monoisotopic (exact) mass is 477 g/mol. The van der Waals surface area contributed by atoms with Gasteiger partial charge in [0.05, 0.1) is 22.2 Å². The van der Waals surface area contributed by atoms with Gasteiger partial charge in [-0.2, -0.15) is 0 Å². The summed E-state index contributed by atoms with van der Waals surface area (Å²) in [5.74, 6) is -0.449. The van der Waals surface area contributed by atoms with Gasteiger partial charge in [-0.3, -0.25) is 4.79 Å². The second-order valence-corrected chi connectivity index (χ2v) is 8.59. The van der Waals surface area contributed by atoms with Crippen molar-refractivity contribution in [3.63, 3.8) is 0 Å². The molecule has 0 saturated heterocycles. The number of hydrogen-bond donors (Lipinski definition) is 3. The Morgan fingerprint density at radius 1 is 1.09 bits per heavy atom. The minimum absolute atomic E-state index is 0.0631. The van der Waals surface area contributed by atoms with E-state index in [0.717, 1.165) is 28.0 Å². The molecule has 0 aliphatic rings. The van der Waals surface area contributed by atoms with Crippen molar-refractivity contribution in [1.82, 2.24) is 15.3 Å². The third-order valence-corrected chi connectivity index (χ3v) is 5.51. The summed E-state index contributed by atoms with van der Waals surface area (Å²) in [6.07, 6.45) is 0.0656. The van der Waals surface area contributed by atoms with Gasteiger partial charge >= 0.3 is 5.97 Å². The van der Waals surface area contributed by atoms with Crippen LogP contribution in [-0.4, -0.2) is 39.1 Å². The summed E-state index contributed by atoms with van der Waals surface area (Å²) in [6, 6.07) is 18.7. The Kier molecular flexibility index (Phi) is 6.84. The molecule has 0 aliphatic carbocycles. The van der Waals surface area contributed by atoms with E-state index in [9.17, 15) is 14.7 Å². The average molecular weight is 478 g/mol. The van der Waals surface area contributed by atoms with Gasteiger partial charge in [-0.1, -0.05) is 48.0 Å². The number of rotatable bonds is 8. The molecule has 0 bridgehead atoms. The summed E-state index contributed by atoms with van der Waals surface area (Å²) in [5, 5.41) is 12.5. The number of aliphatic carboxylic acids is 1. The van der Waals surface area contributed by atoms with Crippen LogP contribution in [0.2, 0.25) is 5.02 Å². The second kappa shape index (κ2) is 9.97. The number of amides is 1. The topological polar surface area (TPSA) is 104 Å². The van der Waals surface area contributed by atoms with Crippen LogP contribution < -0.4 is 10.1 Å². The zero-order valence-corrected chi connectivity index (χ0v) is 19.5. The fraction of sp³-hybridized carbons (Fsp3) is 0.192. The number of ether oxygens (including phenoxy) is 1. The fourth-order valence-electron chi connectivity index (χ4n) is 3.56. The van der Waals surface area contributed by atoms with Crippen LogP contribution in [0.1, 0.15) is 29.8 Å². The van der Waals surface area contributed by atoms with Crippen LogP contribution in [0.25, 0.3) is 22.4 Å². The van der Waals surface area contributed by atoms with Crippen molar-refractivity contribution in [1.29, 1.82) is 0 Å². The zero-order chi connectivity index (χ0) is 24.2. The molecular formula is C26H24ClN3O4. The van der Waals surface area contributed by atoms with Crippen molar-refractivity contribution in [2.75, 3.05) is 0 Å². The number of para-hydroxylation sites is 2. The second-order valence-electron chi connectivity index (χ2n) is 8.18. The summed E-state index contributed by atoms with van der Waals surface area (Å²) < 4.78 is 5.57. The van der Waals surface area contributed by atoms with Gasteiger partial charge in [0.25, 0.3) is 5.91 Å². The van der Waals surface area contributed by atoms with Gasteiger partial charge in [0.2, 0.25) is 0 Å². The minimum atomic E-state index is -1.12. The number of H-pyrrole nitrogens is 1. The van der Waals surface area contributed by atoms with Gasteiger partial charge in [-0.05, 0) is 49.7 Å². The zero-order valence-electron chi connectivity index (χ0n) is 18.7. The number of benzene rings is 3. The first kappa shape index (κ1) is 23.3. The van der Waals surface area contributed by atoms with E-state index in [2.05, 4.69) is 15.3 Å². The maximum absolute atomic E-state index is 12.7. The number of carbonyl (C=O) groups excluding carboxylic acids is 1. The number of halogens is 1. The van der Waals surface area contributed by atoms with E-state index in [4.69, 9.17) is 16.3 Å². The van der Waals surface area contributed by atoms with E-state index < -0.39 is 17.9 Å². The molecule has 174 valence electrons. The summed E-state index contributed by atoms with van der Waals surface area (Å²) in [6.45, 7) is 3.75. The summed E-state index contributed by atoms with van der Waals surface area (Å²) in [5.41, 5.74) is 3.73. The smallest absolute Gasteiger partial charge is 0.326 e. The van der Waals surface area contributed by atoms with Crippen LogP contribution in [0.5, 0.6) is 5.75 Å². The maximum atomic E-state index is 12.7. The third kappa shape index (κ3) is 5.38. The van der Waals surface area contributed by atoms with E-state index in [0.29, 0.717) is 5.75 Å². The molecule has 7 nitrogen and oxygen atoms in total. The molecule has 4 aromatic rings. The SMILES string of the molecule is CC(C)Oc1ccc(C(=O)NC(Cc2ccc(-c3nc4ccccc4[nH]3)cc2)C(=O)O)cc1Cl. The molecule has 3 N–H and O–H groups in total. The predicted molar refractivity (Wildman–Crippen MR) is 131 cm³/mol. The number of hydrogen-bond acceptors (Lipinski definition) is 4. The predicted octanol–water partition coefficient (Wildman–Crippen LogP) is 5.10. The lowest BCUT2D eigenvalue weighted by molar-refractivity contribution is -0.139. The summed E-state index contributed by atoms with van der Waals surface area (Å²) >= 11 is 6.21. The normalized spacial score (nSPS) is 12.0. The molecule has 0 saturated carbocycles. The molecule has 34 heavy (non-hydrogen) atoms. The lowest BCUT2D eigenvalue weighted by Gasteiger charge is -2.16. The van der Waals surface area contributed by atoms with Crippen LogP contribution in [-0.2, 0) is 11.2 Å². The van der Waals surface area contributed by atoms with Crippen molar-refractivity contribution in [2.24, 2.45) is 0 Å². The Bertz CT molecular complexity index is 1300. The van der Waals surface area contributed by atoms with Gasteiger partial charge in [-0.15, -0.1) is 0 Å². The number of carbonyl (C=O) groups is 2. The van der Waals surface area contributed by atoms with E-state index in [-0.39, 0.29) is 23.1 Å². The molecule has 4 rings (SSSR count). The quantitative estimate of drug-likeness (QED) is 0.327. The summed E-state index contributed by atoms with van der Waals surface area (Å²) in [7, 11) is 0. The first-order chi connectivity index (χ1) is 16.3. The van der Waals surface area contributed by atoms with Crippen molar-refractivity contribution >= 4 is 34.5 Å². The Morgan fingerprint density at radius 2 is 1.82 bits per heavy atom. The van der Waals surface area contributed by atoms with Crippen LogP contribution in [0.15, 0.2) is 66.7 Å². The largest absolute Gasteiger partial charge is 0.489 e. The van der Waals surface area contributed by atoms with E-state index in [1.165, 1.54) is 6.07 Å². The summed E-state index contributed by atoms with van der Waals surface area (Å²) in [4.78, 5) is 32.3. The van der Waals surface area contributed by atoms with Crippen LogP contribution in [0, 0.1) is 0 Å². The third-order valence-electron chi connectivity index (χ3n) is 5.22. The van der Waals surface area contributed by atoms with Gasteiger partial charge in [0.1, 0.15) is 17.6 Å². The molecule has 1 heterocycles. The molecule has 1 aromatic heterocycles. The van der Waals surface area contributed by atoms with Crippen molar-refractivity contribution < 1.29 is 19.4 Å². The minimum Gasteiger partial charge on any atom is -0.489 e. The number of imidazole rings is 1. The number of nitrogens with zero attached hydrogens (tertiary/aromatic N) is 1. The van der Waals surface area contributed by atoms with Gasteiger partial charge in [-0.25, -0.2) is 9.78 Å². The molecule has 0 radical (unpaired) electrons. The van der Waals surface area contributed by atoms with E-state index in [1.54, 1.807) is 12.1 Å². The molecule has 0 spiro atoms.